The van der Waals surface area contributed by atoms with E-state index in [4.69, 9.17) is 9.47 Å². The summed E-state index contributed by atoms with van der Waals surface area (Å²) in [5.41, 5.74) is 1.24. The lowest BCUT2D eigenvalue weighted by Crippen LogP contribution is -2.54. The summed E-state index contributed by atoms with van der Waals surface area (Å²) in [6, 6.07) is 0. The molecule has 0 aromatic carbocycles. The molecule has 106 valence electrons. The second kappa shape index (κ2) is 4.93. The maximum atomic E-state index is 12.0. The van der Waals surface area contributed by atoms with E-state index in [1.807, 2.05) is 0 Å². The van der Waals surface area contributed by atoms with Gasteiger partial charge in [-0.3, -0.25) is 4.79 Å². The van der Waals surface area contributed by atoms with Crippen molar-refractivity contribution >= 4 is 5.97 Å². The van der Waals surface area contributed by atoms with Crippen LogP contribution in [0.15, 0.2) is 12.2 Å². The Morgan fingerprint density at radius 3 is 2.84 bits per heavy atom. The van der Waals surface area contributed by atoms with Gasteiger partial charge in [0, 0.05) is 0 Å². The molecule has 3 rings (SSSR count). The Balaban J connectivity index is 1.89. The molecule has 0 unspecified atom stereocenters. The van der Waals surface area contributed by atoms with Crippen LogP contribution in [0.5, 0.6) is 0 Å². The summed E-state index contributed by atoms with van der Waals surface area (Å²) in [4.78, 5) is 12.0. The highest BCUT2D eigenvalue weighted by atomic mass is 16.5. The SMILES string of the molecule is C=C1CO[C@H]2[C@H]3[C@H](CC[C@@H]2C(=O)OC)[C@H](C)CC[C@H]13. The van der Waals surface area contributed by atoms with Crippen molar-refractivity contribution in [3.05, 3.63) is 12.2 Å². The van der Waals surface area contributed by atoms with Crippen molar-refractivity contribution in [1.82, 2.24) is 0 Å². The first kappa shape index (κ1) is 13.2. The maximum Gasteiger partial charge on any atom is 0.311 e. The van der Waals surface area contributed by atoms with E-state index in [1.54, 1.807) is 0 Å². The van der Waals surface area contributed by atoms with Crippen LogP contribution in [0.25, 0.3) is 0 Å². The van der Waals surface area contributed by atoms with Crippen LogP contribution in [-0.2, 0) is 14.3 Å². The summed E-state index contributed by atoms with van der Waals surface area (Å²) in [5.74, 6) is 2.34. The molecule has 0 amide bonds. The van der Waals surface area contributed by atoms with Crippen molar-refractivity contribution in [2.45, 2.75) is 38.7 Å². The summed E-state index contributed by atoms with van der Waals surface area (Å²) in [6.07, 6.45) is 4.62. The fourth-order valence-corrected chi connectivity index (χ4v) is 4.70. The molecule has 2 aliphatic carbocycles. The fourth-order valence-electron chi connectivity index (χ4n) is 4.70. The van der Waals surface area contributed by atoms with E-state index in [-0.39, 0.29) is 18.0 Å². The lowest BCUT2D eigenvalue weighted by atomic mass is 9.56. The Morgan fingerprint density at radius 1 is 1.32 bits per heavy atom. The van der Waals surface area contributed by atoms with Gasteiger partial charge in [0.1, 0.15) is 0 Å². The summed E-state index contributed by atoms with van der Waals surface area (Å²) < 4.78 is 11.0. The van der Waals surface area contributed by atoms with Crippen LogP contribution in [0.4, 0.5) is 0 Å². The third-order valence-electron chi connectivity index (χ3n) is 5.70. The van der Waals surface area contributed by atoms with Gasteiger partial charge in [0.2, 0.25) is 0 Å². The quantitative estimate of drug-likeness (QED) is 0.539. The molecule has 1 heterocycles. The molecule has 3 nitrogen and oxygen atoms in total. The zero-order valence-electron chi connectivity index (χ0n) is 11.9. The molecule has 3 fully saturated rings. The molecule has 3 aliphatic rings. The molecule has 3 heteroatoms. The predicted octanol–water partition coefficient (Wildman–Crippen LogP) is 2.80. The van der Waals surface area contributed by atoms with Crippen LogP contribution in [0, 0.1) is 29.6 Å². The smallest absolute Gasteiger partial charge is 0.311 e. The average molecular weight is 264 g/mol. The van der Waals surface area contributed by atoms with Gasteiger partial charge in [-0.1, -0.05) is 13.5 Å². The molecular formula is C16H24O3. The number of hydrogen-bond acceptors (Lipinski definition) is 3. The Bertz CT molecular complexity index is 389. The summed E-state index contributed by atoms with van der Waals surface area (Å²) in [6.45, 7) is 7.18. The topological polar surface area (TPSA) is 35.5 Å². The van der Waals surface area contributed by atoms with Crippen molar-refractivity contribution in [1.29, 1.82) is 0 Å². The Morgan fingerprint density at radius 2 is 2.11 bits per heavy atom. The van der Waals surface area contributed by atoms with Crippen LogP contribution >= 0.6 is 0 Å². The first-order valence-electron chi connectivity index (χ1n) is 7.50. The van der Waals surface area contributed by atoms with Crippen LogP contribution in [0.1, 0.15) is 32.6 Å². The summed E-state index contributed by atoms with van der Waals surface area (Å²) in [7, 11) is 1.48. The molecule has 0 aromatic rings. The van der Waals surface area contributed by atoms with Crippen LogP contribution in [0.3, 0.4) is 0 Å². The van der Waals surface area contributed by atoms with E-state index in [0.717, 1.165) is 18.8 Å². The fraction of sp³-hybridized carbons (Fsp3) is 0.812. The number of rotatable bonds is 1. The van der Waals surface area contributed by atoms with Gasteiger partial charge in [-0.25, -0.2) is 0 Å². The largest absolute Gasteiger partial charge is 0.469 e. The van der Waals surface area contributed by atoms with Gasteiger partial charge >= 0.3 is 5.97 Å². The van der Waals surface area contributed by atoms with Crippen LogP contribution in [0.2, 0.25) is 0 Å². The molecule has 2 saturated carbocycles. The highest BCUT2D eigenvalue weighted by molar-refractivity contribution is 5.73. The van der Waals surface area contributed by atoms with Crippen molar-refractivity contribution < 1.29 is 14.3 Å². The average Bonchev–Trinajstić information content (AvgIpc) is 2.43. The van der Waals surface area contributed by atoms with Gasteiger partial charge in [-0.2, -0.15) is 0 Å². The van der Waals surface area contributed by atoms with Crippen molar-refractivity contribution in [3.8, 4) is 0 Å². The number of methoxy groups -OCH3 is 1. The second-order valence-electron chi connectivity index (χ2n) is 6.54. The van der Waals surface area contributed by atoms with E-state index < -0.39 is 0 Å². The van der Waals surface area contributed by atoms with Gasteiger partial charge in [0.05, 0.1) is 25.7 Å². The zero-order chi connectivity index (χ0) is 13.6. The number of carbonyl (C=O) groups is 1. The third-order valence-corrected chi connectivity index (χ3v) is 5.70. The Kier molecular flexibility index (Phi) is 3.42. The molecular weight excluding hydrogens is 240 g/mol. The minimum absolute atomic E-state index is 0.0597. The molecule has 0 bridgehead atoms. The molecule has 6 atom stereocenters. The van der Waals surface area contributed by atoms with Gasteiger partial charge in [0.15, 0.2) is 0 Å². The highest BCUT2D eigenvalue weighted by Gasteiger charge is 2.52. The maximum absolute atomic E-state index is 12.0. The molecule has 0 aromatic heterocycles. The van der Waals surface area contributed by atoms with Crippen LogP contribution < -0.4 is 0 Å². The van der Waals surface area contributed by atoms with Crippen LogP contribution in [-0.4, -0.2) is 25.8 Å². The number of ether oxygens (including phenoxy) is 2. The molecule has 1 aliphatic heterocycles. The van der Waals surface area contributed by atoms with Gasteiger partial charge < -0.3 is 9.47 Å². The van der Waals surface area contributed by atoms with E-state index in [2.05, 4.69) is 13.5 Å². The first-order chi connectivity index (χ1) is 9.13. The molecule has 0 N–H and O–H groups in total. The monoisotopic (exact) mass is 264 g/mol. The van der Waals surface area contributed by atoms with Gasteiger partial charge in [-0.15, -0.1) is 0 Å². The molecule has 0 spiro atoms. The molecule has 1 saturated heterocycles. The van der Waals surface area contributed by atoms with E-state index in [1.165, 1.54) is 25.5 Å². The Labute approximate surface area is 115 Å². The first-order valence-corrected chi connectivity index (χ1v) is 7.50. The lowest BCUT2D eigenvalue weighted by molar-refractivity contribution is -0.170. The van der Waals surface area contributed by atoms with E-state index >= 15 is 0 Å². The minimum atomic E-state index is -0.0899. The number of carbonyl (C=O) groups excluding carboxylic acids is 1. The Hall–Kier alpha value is -0.830. The van der Waals surface area contributed by atoms with Gasteiger partial charge in [-0.05, 0) is 54.9 Å². The predicted molar refractivity (Wildman–Crippen MR) is 72.5 cm³/mol. The van der Waals surface area contributed by atoms with E-state index in [9.17, 15) is 4.79 Å². The standard InChI is InChI=1S/C16H24O3/c1-9-4-5-12-10(2)8-19-15-13(16(17)18-3)7-6-11(9)14(12)15/h9,11-15H,2,4-8H2,1,3H3/t9-,11-,12-,13+,14+,15-/m1/s1. The second-order valence-corrected chi connectivity index (χ2v) is 6.54. The summed E-state index contributed by atoms with van der Waals surface area (Å²) >= 11 is 0. The molecule has 19 heavy (non-hydrogen) atoms. The zero-order valence-corrected chi connectivity index (χ0v) is 11.9. The normalized spacial score (nSPS) is 45.5. The minimum Gasteiger partial charge on any atom is -0.469 e. The van der Waals surface area contributed by atoms with Crippen molar-refractivity contribution in [3.63, 3.8) is 0 Å². The van der Waals surface area contributed by atoms with E-state index in [0.29, 0.717) is 24.4 Å². The molecule has 0 radical (unpaired) electrons. The van der Waals surface area contributed by atoms with Crippen molar-refractivity contribution in [2.75, 3.05) is 13.7 Å². The third kappa shape index (κ3) is 2.03. The van der Waals surface area contributed by atoms with Crippen molar-refractivity contribution in [2.24, 2.45) is 29.6 Å². The van der Waals surface area contributed by atoms with Gasteiger partial charge in [0.25, 0.3) is 0 Å². The number of hydrogen-bond donors (Lipinski definition) is 0. The lowest BCUT2D eigenvalue weighted by Gasteiger charge is -2.53. The highest BCUT2D eigenvalue weighted by Crippen LogP contribution is 2.53. The summed E-state index contributed by atoms with van der Waals surface area (Å²) in [5, 5.41) is 0. The number of esters is 1.